The Balaban J connectivity index is 1.87. The first-order valence-corrected chi connectivity index (χ1v) is 6.33. The van der Waals surface area contributed by atoms with E-state index in [4.69, 9.17) is 0 Å². The molecule has 0 aromatic carbocycles. The lowest BCUT2D eigenvalue weighted by atomic mass is 9.84. The van der Waals surface area contributed by atoms with E-state index in [0.717, 1.165) is 11.7 Å². The molecule has 0 radical (unpaired) electrons. The molecule has 3 nitrogen and oxygen atoms in total. The molecule has 1 fully saturated rings. The van der Waals surface area contributed by atoms with Crippen molar-refractivity contribution >= 4 is 5.82 Å². The lowest BCUT2D eigenvalue weighted by molar-refractivity contribution is 0.329. The van der Waals surface area contributed by atoms with Crippen LogP contribution in [0.3, 0.4) is 0 Å². The minimum absolute atomic E-state index is 0.596. The SMILES string of the molecule is CCC1CCC(Nc2cc(C)cnn2)CC1. The Morgan fingerprint density at radius 2 is 2.06 bits per heavy atom. The largest absolute Gasteiger partial charge is 0.366 e. The van der Waals surface area contributed by atoms with Gasteiger partial charge in [0.15, 0.2) is 0 Å². The molecule has 1 aromatic rings. The summed E-state index contributed by atoms with van der Waals surface area (Å²) >= 11 is 0. The van der Waals surface area contributed by atoms with E-state index in [1.165, 1.54) is 37.7 Å². The van der Waals surface area contributed by atoms with Crippen molar-refractivity contribution in [2.75, 3.05) is 5.32 Å². The van der Waals surface area contributed by atoms with Crippen molar-refractivity contribution in [3.63, 3.8) is 0 Å². The van der Waals surface area contributed by atoms with Gasteiger partial charge in [0.25, 0.3) is 0 Å². The first-order chi connectivity index (χ1) is 7.78. The molecule has 0 bridgehead atoms. The van der Waals surface area contributed by atoms with Gasteiger partial charge in [-0.15, -0.1) is 5.10 Å². The number of nitrogens with one attached hydrogen (secondary N) is 1. The third-order valence-corrected chi connectivity index (χ3v) is 3.57. The molecule has 0 saturated heterocycles. The molecule has 2 rings (SSSR count). The fraction of sp³-hybridized carbons (Fsp3) is 0.692. The summed E-state index contributed by atoms with van der Waals surface area (Å²) in [4.78, 5) is 0. The van der Waals surface area contributed by atoms with E-state index < -0.39 is 0 Å². The molecule has 1 aliphatic rings. The van der Waals surface area contributed by atoms with Crippen LogP contribution < -0.4 is 5.32 Å². The van der Waals surface area contributed by atoms with Crippen molar-refractivity contribution in [3.05, 3.63) is 17.8 Å². The van der Waals surface area contributed by atoms with E-state index in [2.05, 4.69) is 28.5 Å². The zero-order valence-electron chi connectivity index (χ0n) is 10.2. The summed E-state index contributed by atoms with van der Waals surface area (Å²) in [5, 5.41) is 11.6. The number of aromatic nitrogens is 2. The van der Waals surface area contributed by atoms with E-state index >= 15 is 0 Å². The molecule has 3 heteroatoms. The van der Waals surface area contributed by atoms with Crippen molar-refractivity contribution in [3.8, 4) is 0 Å². The molecule has 16 heavy (non-hydrogen) atoms. The second-order valence-corrected chi connectivity index (χ2v) is 4.89. The first kappa shape index (κ1) is 11.4. The van der Waals surface area contributed by atoms with Crippen molar-refractivity contribution in [1.29, 1.82) is 0 Å². The Kier molecular flexibility index (Phi) is 3.75. The number of hydrogen-bond acceptors (Lipinski definition) is 3. The van der Waals surface area contributed by atoms with Gasteiger partial charge >= 0.3 is 0 Å². The summed E-state index contributed by atoms with van der Waals surface area (Å²) < 4.78 is 0. The molecule has 1 aromatic heterocycles. The molecule has 0 amide bonds. The number of rotatable bonds is 3. The number of aryl methyl sites for hydroxylation is 1. The average Bonchev–Trinajstić information content (AvgIpc) is 2.30. The Bertz CT molecular complexity index is 330. The Hall–Kier alpha value is -1.12. The van der Waals surface area contributed by atoms with Crippen molar-refractivity contribution in [2.24, 2.45) is 5.92 Å². The second-order valence-electron chi connectivity index (χ2n) is 4.89. The standard InChI is InChI=1S/C13H21N3/c1-3-11-4-6-12(7-5-11)15-13-8-10(2)9-14-16-13/h8-9,11-12H,3-7H2,1-2H3,(H,15,16). The van der Waals surface area contributed by atoms with Crippen LogP contribution in [0, 0.1) is 12.8 Å². The normalized spacial score (nSPS) is 25.4. The molecule has 0 aliphatic heterocycles. The maximum atomic E-state index is 4.11. The van der Waals surface area contributed by atoms with Gasteiger partial charge in [-0.3, -0.25) is 0 Å². The fourth-order valence-electron chi connectivity index (χ4n) is 2.46. The summed E-state index contributed by atoms with van der Waals surface area (Å²) in [6.45, 7) is 4.35. The van der Waals surface area contributed by atoms with Gasteiger partial charge in [0.05, 0.1) is 6.20 Å². The van der Waals surface area contributed by atoms with Crippen LogP contribution in [0.2, 0.25) is 0 Å². The highest BCUT2D eigenvalue weighted by Crippen LogP contribution is 2.27. The van der Waals surface area contributed by atoms with Gasteiger partial charge in [-0.2, -0.15) is 5.10 Å². The minimum atomic E-state index is 0.596. The van der Waals surface area contributed by atoms with Gasteiger partial charge in [0, 0.05) is 6.04 Å². The van der Waals surface area contributed by atoms with E-state index in [0.29, 0.717) is 6.04 Å². The number of anilines is 1. The summed E-state index contributed by atoms with van der Waals surface area (Å²) in [7, 11) is 0. The Morgan fingerprint density at radius 3 is 2.69 bits per heavy atom. The van der Waals surface area contributed by atoms with E-state index in [-0.39, 0.29) is 0 Å². The summed E-state index contributed by atoms with van der Waals surface area (Å²) in [6.07, 6.45) is 8.37. The lowest BCUT2D eigenvalue weighted by Gasteiger charge is -2.28. The number of hydrogen-bond donors (Lipinski definition) is 1. The van der Waals surface area contributed by atoms with Crippen molar-refractivity contribution in [2.45, 2.75) is 52.0 Å². The van der Waals surface area contributed by atoms with Gasteiger partial charge in [0.2, 0.25) is 0 Å². The van der Waals surface area contributed by atoms with E-state index in [9.17, 15) is 0 Å². The molecule has 1 heterocycles. The highest BCUT2D eigenvalue weighted by atomic mass is 15.2. The molecule has 0 atom stereocenters. The molecule has 1 aliphatic carbocycles. The van der Waals surface area contributed by atoms with Gasteiger partial charge in [0.1, 0.15) is 5.82 Å². The monoisotopic (exact) mass is 219 g/mol. The van der Waals surface area contributed by atoms with Gasteiger partial charge in [-0.25, -0.2) is 0 Å². The van der Waals surface area contributed by atoms with Gasteiger partial charge < -0.3 is 5.32 Å². The maximum absolute atomic E-state index is 4.11. The predicted octanol–water partition coefficient (Wildman–Crippen LogP) is 3.17. The fourth-order valence-corrected chi connectivity index (χ4v) is 2.46. The molecule has 0 spiro atoms. The Labute approximate surface area is 97.7 Å². The molecular weight excluding hydrogens is 198 g/mol. The van der Waals surface area contributed by atoms with Crippen molar-refractivity contribution in [1.82, 2.24) is 10.2 Å². The van der Waals surface area contributed by atoms with Crippen LogP contribution in [0.1, 0.15) is 44.6 Å². The molecule has 1 N–H and O–H groups in total. The second kappa shape index (κ2) is 5.28. The van der Waals surface area contributed by atoms with Crippen LogP contribution >= 0.6 is 0 Å². The Morgan fingerprint density at radius 1 is 1.31 bits per heavy atom. The van der Waals surface area contributed by atoms with Crippen molar-refractivity contribution < 1.29 is 0 Å². The van der Waals surface area contributed by atoms with Crippen LogP contribution in [0.4, 0.5) is 5.82 Å². The van der Waals surface area contributed by atoms with Crippen LogP contribution in [0.25, 0.3) is 0 Å². The average molecular weight is 219 g/mol. The maximum Gasteiger partial charge on any atom is 0.149 e. The third-order valence-electron chi connectivity index (χ3n) is 3.57. The topological polar surface area (TPSA) is 37.8 Å². The minimum Gasteiger partial charge on any atom is -0.366 e. The molecular formula is C13H21N3. The van der Waals surface area contributed by atoms with Crippen LogP contribution in [0.15, 0.2) is 12.3 Å². The van der Waals surface area contributed by atoms with Gasteiger partial charge in [-0.05, 0) is 50.2 Å². The highest BCUT2D eigenvalue weighted by molar-refractivity contribution is 5.36. The molecule has 88 valence electrons. The lowest BCUT2D eigenvalue weighted by Crippen LogP contribution is -2.26. The summed E-state index contributed by atoms with van der Waals surface area (Å²) in [5.74, 6) is 1.88. The molecule has 1 saturated carbocycles. The van der Waals surface area contributed by atoms with Crippen LogP contribution in [-0.4, -0.2) is 16.2 Å². The smallest absolute Gasteiger partial charge is 0.149 e. The number of nitrogens with zero attached hydrogens (tertiary/aromatic N) is 2. The predicted molar refractivity (Wildman–Crippen MR) is 66.4 cm³/mol. The zero-order valence-corrected chi connectivity index (χ0v) is 10.2. The van der Waals surface area contributed by atoms with E-state index in [1.54, 1.807) is 6.20 Å². The summed E-state index contributed by atoms with van der Waals surface area (Å²) in [6, 6.07) is 2.66. The van der Waals surface area contributed by atoms with E-state index in [1.807, 2.05) is 6.92 Å². The zero-order chi connectivity index (χ0) is 11.4. The molecule has 0 unspecified atom stereocenters. The van der Waals surface area contributed by atoms with Gasteiger partial charge in [-0.1, -0.05) is 13.3 Å². The van der Waals surface area contributed by atoms with Crippen LogP contribution in [-0.2, 0) is 0 Å². The first-order valence-electron chi connectivity index (χ1n) is 6.33. The third kappa shape index (κ3) is 2.94. The van der Waals surface area contributed by atoms with Crippen LogP contribution in [0.5, 0.6) is 0 Å². The summed E-state index contributed by atoms with van der Waals surface area (Å²) in [5.41, 5.74) is 1.17. The highest BCUT2D eigenvalue weighted by Gasteiger charge is 2.19. The quantitative estimate of drug-likeness (QED) is 0.848.